The van der Waals surface area contributed by atoms with E-state index < -0.39 is 0 Å². The minimum Gasteiger partial charge on any atom is -0.330 e. The molecule has 3 nitrogen and oxygen atoms in total. The first kappa shape index (κ1) is 15.9. The van der Waals surface area contributed by atoms with Crippen LogP contribution in [0.25, 0.3) is 21.8 Å². The van der Waals surface area contributed by atoms with E-state index in [1.165, 1.54) is 33.0 Å². The van der Waals surface area contributed by atoms with E-state index in [1.807, 2.05) is 0 Å². The van der Waals surface area contributed by atoms with Gasteiger partial charge in [-0.1, -0.05) is 42.5 Å². The minimum absolute atomic E-state index is 0.608. The van der Waals surface area contributed by atoms with Crippen molar-refractivity contribution in [3.63, 3.8) is 0 Å². The van der Waals surface area contributed by atoms with Crippen molar-refractivity contribution >= 4 is 21.8 Å². The Labute approximate surface area is 148 Å². The van der Waals surface area contributed by atoms with Crippen molar-refractivity contribution in [2.75, 3.05) is 6.54 Å². The minimum atomic E-state index is 0.608. The highest BCUT2D eigenvalue weighted by Crippen LogP contribution is 2.25. The summed E-state index contributed by atoms with van der Waals surface area (Å²) < 4.78 is 2.33. The molecule has 0 bridgehead atoms. The maximum absolute atomic E-state index is 5.84. The molecule has 0 saturated heterocycles. The summed E-state index contributed by atoms with van der Waals surface area (Å²) in [6.07, 6.45) is 0.789. The van der Waals surface area contributed by atoms with Crippen molar-refractivity contribution < 1.29 is 0 Å². The molecule has 0 radical (unpaired) electrons. The Morgan fingerprint density at radius 2 is 1.72 bits per heavy atom. The van der Waals surface area contributed by atoms with Gasteiger partial charge < -0.3 is 10.3 Å². The third-order valence-corrected chi connectivity index (χ3v) is 5.02. The fraction of sp³-hybridized carbons (Fsp3) is 0.227. The highest BCUT2D eigenvalue weighted by atomic mass is 15.1. The molecule has 0 atom stereocenters. The van der Waals surface area contributed by atoms with Gasteiger partial charge in [-0.2, -0.15) is 0 Å². The van der Waals surface area contributed by atoms with E-state index in [2.05, 4.69) is 73.0 Å². The lowest BCUT2D eigenvalue weighted by Crippen LogP contribution is -2.11. The Kier molecular flexibility index (Phi) is 4.02. The number of nitrogens with zero attached hydrogens (tertiary/aromatic N) is 2. The standard InChI is InChI=1S/C22H23N3/c1-15-12-20-21(13-16(15)2)25(22(24-20)10-11-23)14-18-8-5-7-17-6-3-4-9-19(17)18/h3-9,12-13H,10-11,14,23H2,1-2H3. The van der Waals surface area contributed by atoms with Crippen molar-refractivity contribution in [2.24, 2.45) is 5.73 Å². The van der Waals surface area contributed by atoms with Gasteiger partial charge in [0.05, 0.1) is 11.0 Å². The molecule has 0 spiro atoms. The molecule has 126 valence electrons. The van der Waals surface area contributed by atoms with Crippen molar-refractivity contribution in [3.8, 4) is 0 Å². The number of aryl methyl sites for hydroxylation is 2. The first-order chi connectivity index (χ1) is 12.2. The van der Waals surface area contributed by atoms with E-state index in [9.17, 15) is 0 Å². The van der Waals surface area contributed by atoms with Crippen LogP contribution in [0.4, 0.5) is 0 Å². The molecule has 3 heteroatoms. The molecule has 0 aliphatic heterocycles. The fourth-order valence-corrected chi connectivity index (χ4v) is 3.53. The number of benzene rings is 3. The zero-order chi connectivity index (χ0) is 17.4. The van der Waals surface area contributed by atoms with Gasteiger partial charge in [0.15, 0.2) is 0 Å². The van der Waals surface area contributed by atoms with Crippen molar-refractivity contribution in [1.82, 2.24) is 9.55 Å². The van der Waals surface area contributed by atoms with Crippen LogP contribution in [0.5, 0.6) is 0 Å². The van der Waals surface area contributed by atoms with E-state index in [0.717, 1.165) is 24.3 Å². The van der Waals surface area contributed by atoms with Gasteiger partial charge in [0, 0.05) is 13.0 Å². The second-order valence-electron chi connectivity index (χ2n) is 6.72. The summed E-state index contributed by atoms with van der Waals surface area (Å²) in [5.74, 6) is 1.07. The second kappa shape index (κ2) is 6.34. The number of imidazole rings is 1. The predicted octanol–water partition coefficient (Wildman–Crippen LogP) is 4.36. The number of aromatic nitrogens is 2. The number of hydrogen-bond acceptors (Lipinski definition) is 2. The summed E-state index contributed by atoms with van der Waals surface area (Å²) in [6.45, 7) is 5.72. The molecule has 1 heterocycles. The summed E-state index contributed by atoms with van der Waals surface area (Å²) in [7, 11) is 0. The molecule has 0 aliphatic carbocycles. The van der Waals surface area contributed by atoms with Gasteiger partial charge in [-0.25, -0.2) is 4.98 Å². The molecule has 0 saturated carbocycles. The zero-order valence-corrected chi connectivity index (χ0v) is 14.8. The molecule has 0 aliphatic rings. The van der Waals surface area contributed by atoms with Crippen LogP contribution in [0.15, 0.2) is 54.6 Å². The summed E-state index contributed by atoms with van der Waals surface area (Å²) >= 11 is 0. The predicted molar refractivity (Wildman–Crippen MR) is 105 cm³/mol. The molecule has 2 N–H and O–H groups in total. The monoisotopic (exact) mass is 329 g/mol. The number of fused-ring (bicyclic) bond motifs is 2. The quantitative estimate of drug-likeness (QED) is 0.605. The van der Waals surface area contributed by atoms with Gasteiger partial charge >= 0.3 is 0 Å². The van der Waals surface area contributed by atoms with Crippen molar-refractivity contribution in [3.05, 3.63) is 77.1 Å². The van der Waals surface area contributed by atoms with Crippen molar-refractivity contribution in [1.29, 1.82) is 0 Å². The zero-order valence-electron chi connectivity index (χ0n) is 14.8. The third kappa shape index (κ3) is 2.81. The van der Waals surface area contributed by atoms with Crippen LogP contribution in [-0.2, 0) is 13.0 Å². The molecule has 0 amide bonds. The largest absolute Gasteiger partial charge is 0.330 e. The van der Waals surface area contributed by atoms with Crippen LogP contribution in [0, 0.1) is 13.8 Å². The van der Waals surface area contributed by atoms with E-state index in [0.29, 0.717) is 6.54 Å². The Hall–Kier alpha value is -2.65. The summed E-state index contributed by atoms with van der Waals surface area (Å²) in [6, 6.07) is 19.5. The molecule has 0 unspecified atom stereocenters. The van der Waals surface area contributed by atoms with Gasteiger partial charge in [-0.3, -0.25) is 0 Å². The Bertz CT molecular complexity index is 1050. The summed E-state index contributed by atoms with van der Waals surface area (Å²) in [4.78, 5) is 4.86. The highest BCUT2D eigenvalue weighted by Gasteiger charge is 2.13. The normalized spacial score (nSPS) is 11.5. The van der Waals surface area contributed by atoms with Crippen molar-refractivity contribution in [2.45, 2.75) is 26.8 Å². The maximum atomic E-state index is 5.84. The van der Waals surface area contributed by atoms with Crippen LogP contribution in [-0.4, -0.2) is 16.1 Å². The summed E-state index contributed by atoms with van der Waals surface area (Å²) in [5.41, 5.74) is 12.0. The second-order valence-corrected chi connectivity index (χ2v) is 6.72. The van der Waals surface area contributed by atoms with Crippen LogP contribution in [0.1, 0.15) is 22.5 Å². The molecule has 4 rings (SSSR count). The number of hydrogen-bond donors (Lipinski definition) is 1. The lowest BCUT2D eigenvalue weighted by Gasteiger charge is -2.12. The van der Waals surface area contributed by atoms with E-state index in [1.54, 1.807) is 0 Å². The Balaban J connectivity index is 1.90. The van der Waals surface area contributed by atoms with Gasteiger partial charge in [0.25, 0.3) is 0 Å². The average Bonchev–Trinajstić information content (AvgIpc) is 2.93. The van der Waals surface area contributed by atoms with Crippen LogP contribution in [0.3, 0.4) is 0 Å². The SMILES string of the molecule is Cc1cc2nc(CCN)n(Cc3cccc4ccccc34)c2cc1C. The smallest absolute Gasteiger partial charge is 0.111 e. The van der Waals surface area contributed by atoms with E-state index in [4.69, 9.17) is 10.7 Å². The van der Waals surface area contributed by atoms with Crippen LogP contribution in [0.2, 0.25) is 0 Å². The highest BCUT2D eigenvalue weighted by molar-refractivity contribution is 5.86. The van der Waals surface area contributed by atoms with Gasteiger partial charge in [-0.05, 0) is 60.0 Å². The van der Waals surface area contributed by atoms with Gasteiger partial charge in [0.1, 0.15) is 5.82 Å². The van der Waals surface area contributed by atoms with Crippen LogP contribution < -0.4 is 5.73 Å². The average molecular weight is 329 g/mol. The summed E-state index contributed by atoms with van der Waals surface area (Å²) in [5, 5.41) is 2.58. The molecule has 0 fully saturated rings. The molecule has 1 aromatic heterocycles. The fourth-order valence-electron chi connectivity index (χ4n) is 3.53. The maximum Gasteiger partial charge on any atom is 0.111 e. The first-order valence-corrected chi connectivity index (χ1v) is 8.80. The molecule has 25 heavy (non-hydrogen) atoms. The molecule has 4 aromatic rings. The topological polar surface area (TPSA) is 43.8 Å². The molecular formula is C22H23N3. The number of nitrogens with two attached hydrogens (primary N) is 1. The lowest BCUT2D eigenvalue weighted by atomic mass is 10.0. The van der Waals surface area contributed by atoms with E-state index in [-0.39, 0.29) is 0 Å². The van der Waals surface area contributed by atoms with E-state index >= 15 is 0 Å². The van der Waals surface area contributed by atoms with Gasteiger partial charge in [0.2, 0.25) is 0 Å². The Morgan fingerprint density at radius 1 is 0.960 bits per heavy atom. The molecular weight excluding hydrogens is 306 g/mol. The Morgan fingerprint density at radius 3 is 2.56 bits per heavy atom. The third-order valence-electron chi connectivity index (χ3n) is 5.02. The first-order valence-electron chi connectivity index (χ1n) is 8.80. The van der Waals surface area contributed by atoms with Crippen LogP contribution >= 0.6 is 0 Å². The lowest BCUT2D eigenvalue weighted by molar-refractivity contribution is 0.737. The number of rotatable bonds is 4. The molecule has 3 aromatic carbocycles. The van der Waals surface area contributed by atoms with Gasteiger partial charge in [-0.15, -0.1) is 0 Å².